The van der Waals surface area contributed by atoms with Gasteiger partial charge in [-0.25, -0.2) is 8.42 Å². The van der Waals surface area contributed by atoms with Crippen molar-refractivity contribution in [3.05, 3.63) is 88.4 Å². The summed E-state index contributed by atoms with van der Waals surface area (Å²) in [4.78, 5) is 29.2. The number of hydrogen-bond donors (Lipinski definition) is 1. The van der Waals surface area contributed by atoms with Crippen molar-refractivity contribution in [1.82, 2.24) is 10.2 Å². The maximum Gasteiger partial charge on any atom is 0.264 e. The second-order valence-corrected chi connectivity index (χ2v) is 12.9. The van der Waals surface area contributed by atoms with Crippen LogP contribution in [0.25, 0.3) is 0 Å². The van der Waals surface area contributed by atoms with Crippen LogP contribution in [-0.2, 0) is 26.2 Å². The van der Waals surface area contributed by atoms with E-state index in [0.29, 0.717) is 12.2 Å². The van der Waals surface area contributed by atoms with Gasteiger partial charge in [-0.2, -0.15) is 0 Å². The number of benzene rings is 3. The number of sulfonamides is 1. The number of amides is 2. The van der Waals surface area contributed by atoms with E-state index in [0.717, 1.165) is 35.6 Å². The second kappa shape index (κ2) is 14.3. The highest BCUT2D eigenvalue weighted by molar-refractivity contribution is 7.92. The number of nitrogens with one attached hydrogen (secondary N) is 1. The summed E-state index contributed by atoms with van der Waals surface area (Å²) in [7, 11) is -2.71. The molecule has 2 amide bonds. The van der Waals surface area contributed by atoms with Gasteiger partial charge in [0.1, 0.15) is 18.3 Å². The first-order chi connectivity index (χ1) is 20.1. The second-order valence-electron chi connectivity index (χ2n) is 10.2. The lowest BCUT2D eigenvalue weighted by Crippen LogP contribution is -2.53. The van der Waals surface area contributed by atoms with Gasteiger partial charge in [0.2, 0.25) is 11.8 Å². The normalized spacial score (nSPS) is 14.3. The third-order valence-electron chi connectivity index (χ3n) is 7.36. The summed E-state index contributed by atoms with van der Waals surface area (Å²) in [6.07, 6.45) is 4.20. The van der Waals surface area contributed by atoms with Crippen LogP contribution in [0, 0.1) is 0 Å². The molecule has 3 aromatic rings. The van der Waals surface area contributed by atoms with E-state index in [-0.39, 0.29) is 39.1 Å². The highest BCUT2D eigenvalue weighted by Crippen LogP contribution is 2.33. The molecule has 1 saturated carbocycles. The fourth-order valence-corrected chi connectivity index (χ4v) is 7.05. The number of carbonyl (C=O) groups excluding carboxylic acids is 2. The number of anilines is 1. The molecule has 1 aliphatic carbocycles. The van der Waals surface area contributed by atoms with Crippen molar-refractivity contribution in [2.24, 2.45) is 0 Å². The van der Waals surface area contributed by atoms with E-state index in [1.807, 2.05) is 13.0 Å². The van der Waals surface area contributed by atoms with Gasteiger partial charge in [-0.3, -0.25) is 13.9 Å². The van der Waals surface area contributed by atoms with E-state index in [1.165, 1.54) is 35.2 Å². The Balaban J connectivity index is 1.74. The zero-order valence-corrected chi connectivity index (χ0v) is 26.0. The minimum atomic E-state index is -4.25. The van der Waals surface area contributed by atoms with Crippen LogP contribution >= 0.6 is 23.2 Å². The van der Waals surface area contributed by atoms with Crippen LogP contribution in [-0.4, -0.2) is 50.9 Å². The molecule has 8 nitrogen and oxygen atoms in total. The topological polar surface area (TPSA) is 96.0 Å². The molecular formula is C31H35Cl2N3O5S. The van der Waals surface area contributed by atoms with Gasteiger partial charge < -0.3 is 15.0 Å². The van der Waals surface area contributed by atoms with Crippen molar-refractivity contribution in [3.8, 4) is 5.75 Å². The molecule has 0 aliphatic heterocycles. The van der Waals surface area contributed by atoms with Crippen molar-refractivity contribution in [3.63, 3.8) is 0 Å². The molecule has 3 aromatic carbocycles. The standard InChI is InChI=1S/C31H35Cl2N3O5S/c1-3-28(31(38)34-24-11-7-8-12-24)35(20-22-10-9-13-25(18-22)41-2)30(37)21-36(29-19-23(32)16-17-27(29)33)42(39,40)26-14-5-4-6-15-26/h4-6,9-10,13-19,24,28H,3,7-8,11-12,20-21H2,1-2H3,(H,34,38)/t28-/m1/s1. The van der Waals surface area contributed by atoms with E-state index in [4.69, 9.17) is 27.9 Å². The summed E-state index contributed by atoms with van der Waals surface area (Å²) in [5.74, 6) is -0.233. The van der Waals surface area contributed by atoms with Gasteiger partial charge in [-0.05, 0) is 67.3 Å². The summed E-state index contributed by atoms with van der Waals surface area (Å²) in [6.45, 7) is 1.29. The lowest BCUT2D eigenvalue weighted by Gasteiger charge is -2.34. The summed E-state index contributed by atoms with van der Waals surface area (Å²) in [5, 5.41) is 3.47. The molecule has 11 heteroatoms. The number of carbonyl (C=O) groups is 2. The van der Waals surface area contributed by atoms with Crippen LogP contribution in [0.4, 0.5) is 5.69 Å². The van der Waals surface area contributed by atoms with Crippen LogP contribution in [0.15, 0.2) is 77.7 Å². The van der Waals surface area contributed by atoms with Crippen LogP contribution in [0.3, 0.4) is 0 Å². The van der Waals surface area contributed by atoms with Gasteiger partial charge in [-0.1, -0.05) is 73.3 Å². The fourth-order valence-electron chi connectivity index (χ4n) is 5.16. The quantitative estimate of drug-likeness (QED) is 0.262. The molecule has 1 aliphatic rings. The smallest absolute Gasteiger partial charge is 0.264 e. The predicted molar refractivity (Wildman–Crippen MR) is 165 cm³/mol. The number of rotatable bonds is 12. The predicted octanol–water partition coefficient (Wildman–Crippen LogP) is 6.06. The molecule has 1 N–H and O–H groups in total. The Bertz CT molecular complexity index is 1500. The first-order valence-corrected chi connectivity index (χ1v) is 16.1. The van der Waals surface area contributed by atoms with E-state index >= 15 is 0 Å². The monoisotopic (exact) mass is 631 g/mol. The molecule has 0 spiro atoms. The Morgan fingerprint density at radius 2 is 1.71 bits per heavy atom. The summed E-state index contributed by atoms with van der Waals surface area (Å²) in [6, 6.07) is 18.7. The molecular weight excluding hydrogens is 597 g/mol. The third-order valence-corrected chi connectivity index (χ3v) is 9.69. The fraction of sp³-hybridized carbons (Fsp3) is 0.355. The molecule has 0 aromatic heterocycles. The highest BCUT2D eigenvalue weighted by atomic mass is 35.5. The lowest BCUT2D eigenvalue weighted by atomic mass is 10.1. The Morgan fingerprint density at radius 1 is 1.00 bits per heavy atom. The molecule has 0 unspecified atom stereocenters. The van der Waals surface area contributed by atoms with Crippen molar-refractivity contribution >= 4 is 50.7 Å². The van der Waals surface area contributed by atoms with Crippen LogP contribution in [0.2, 0.25) is 10.0 Å². The third kappa shape index (κ3) is 7.56. The number of nitrogens with zero attached hydrogens (tertiary/aromatic N) is 2. The van der Waals surface area contributed by atoms with Gasteiger partial charge in [0.25, 0.3) is 10.0 Å². The average molecular weight is 633 g/mol. The largest absolute Gasteiger partial charge is 0.497 e. The van der Waals surface area contributed by atoms with E-state index in [1.54, 1.807) is 43.5 Å². The zero-order chi connectivity index (χ0) is 30.3. The minimum Gasteiger partial charge on any atom is -0.497 e. The Labute approximate surface area is 257 Å². The van der Waals surface area contributed by atoms with Gasteiger partial charge >= 0.3 is 0 Å². The molecule has 224 valence electrons. The molecule has 0 radical (unpaired) electrons. The van der Waals surface area contributed by atoms with E-state index in [2.05, 4.69) is 5.32 Å². The van der Waals surface area contributed by atoms with Crippen molar-refractivity contribution in [2.75, 3.05) is 18.0 Å². The first kappa shape index (κ1) is 31.7. The first-order valence-electron chi connectivity index (χ1n) is 13.9. The number of ether oxygens (including phenoxy) is 1. The molecule has 0 saturated heterocycles. The molecule has 4 rings (SSSR count). The van der Waals surface area contributed by atoms with E-state index < -0.39 is 28.5 Å². The van der Waals surface area contributed by atoms with Crippen molar-refractivity contribution in [2.45, 2.75) is 62.6 Å². The number of hydrogen-bond acceptors (Lipinski definition) is 5. The Hall–Kier alpha value is -3.27. The molecule has 0 heterocycles. The van der Waals surface area contributed by atoms with Crippen molar-refractivity contribution < 1.29 is 22.7 Å². The minimum absolute atomic E-state index is 0.0146. The molecule has 42 heavy (non-hydrogen) atoms. The molecule has 0 bridgehead atoms. The summed E-state index contributed by atoms with van der Waals surface area (Å²) in [5.41, 5.74) is 0.791. The van der Waals surface area contributed by atoms with Crippen LogP contribution in [0.1, 0.15) is 44.6 Å². The SMILES string of the molecule is CC[C@H](C(=O)NC1CCCC1)N(Cc1cccc(OC)c1)C(=O)CN(c1cc(Cl)ccc1Cl)S(=O)(=O)c1ccccc1. The van der Waals surface area contributed by atoms with Crippen molar-refractivity contribution in [1.29, 1.82) is 0 Å². The van der Waals surface area contributed by atoms with E-state index in [9.17, 15) is 18.0 Å². The van der Waals surface area contributed by atoms with Crippen LogP contribution < -0.4 is 14.4 Å². The van der Waals surface area contributed by atoms with Gasteiger partial charge in [0, 0.05) is 17.6 Å². The zero-order valence-electron chi connectivity index (χ0n) is 23.6. The van der Waals surface area contributed by atoms with Gasteiger partial charge in [0.05, 0.1) is 22.7 Å². The number of methoxy groups -OCH3 is 1. The van der Waals surface area contributed by atoms with Gasteiger partial charge in [-0.15, -0.1) is 0 Å². The average Bonchev–Trinajstić information content (AvgIpc) is 3.50. The van der Waals surface area contributed by atoms with Crippen LogP contribution in [0.5, 0.6) is 5.75 Å². The number of halogens is 2. The Morgan fingerprint density at radius 3 is 2.38 bits per heavy atom. The summed E-state index contributed by atoms with van der Waals surface area (Å²) >= 11 is 12.7. The molecule has 1 fully saturated rings. The maximum absolute atomic E-state index is 14.2. The Kier molecular flexibility index (Phi) is 10.8. The highest BCUT2D eigenvalue weighted by Gasteiger charge is 2.35. The molecule has 1 atom stereocenters. The summed E-state index contributed by atoms with van der Waals surface area (Å²) < 4.78 is 34.2. The lowest BCUT2D eigenvalue weighted by molar-refractivity contribution is -0.140. The maximum atomic E-state index is 14.2. The van der Waals surface area contributed by atoms with Gasteiger partial charge in [0.15, 0.2) is 0 Å².